The first-order chi connectivity index (χ1) is 16.8. The second kappa shape index (κ2) is 7.71. The van der Waals surface area contributed by atoms with Gasteiger partial charge in [-0.25, -0.2) is 18.7 Å². The van der Waals surface area contributed by atoms with Gasteiger partial charge in [-0.3, -0.25) is 4.98 Å². The van der Waals surface area contributed by atoms with Gasteiger partial charge in [-0.15, -0.1) is 5.10 Å². The van der Waals surface area contributed by atoms with Crippen LogP contribution in [-0.2, 0) is 11.0 Å². The number of fused-ring (bicyclic) bond motifs is 5. The molecule has 2 bridgehead atoms. The molecule has 3 atom stereocenters. The first-order valence-corrected chi connectivity index (χ1v) is 11.7. The molecule has 178 valence electrons. The van der Waals surface area contributed by atoms with E-state index >= 15 is 0 Å². The Morgan fingerprint density at radius 3 is 2.71 bits per heavy atom. The van der Waals surface area contributed by atoms with E-state index in [9.17, 15) is 13.9 Å². The number of hydrogen-bond acceptors (Lipinski definition) is 7. The smallest absolute Gasteiger partial charge is 0.247 e. The Hall–Kier alpha value is -3.59. The van der Waals surface area contributed by atoms with Crippen LogP contribution in [0.1, 0.15) is 68.1 Å². The van der Waals surface area contributed by atoms with E-state index in [1.54, 1.807) is 25.4 Å². The average Bonchev–Trinajstić information content (AvgIpc) is 3.60. The molecule has 9 heteroatoms. The van der Waals surface area contributed by atoms with Gasteiger partial charge in [-0.1, -0.05) is 13.0 Å². The predicted molar refractivity (Wildman–Crippen MR) is 122 cm³/mol. The zero-order valence-electron chi connectivity index (χ0n) is 19.3. The van der Waals surface area contributed by atoms with Crippen molar-refractivity contribution in [3.63, 3.8) is 0 Å². The first-order valence-electron chi connectivity index (χ1n) is 11.7. The summed E-state index contributed by atoms with van der Waals surface area (Å²) in [5.74, 6) is -0.845. The van der Waals surface area contributed by atoms with Crippen molar-refractivity contribution in [1.29, 1.82) is 0 Å². The van der Waals surface area contributed by atoms with Gasteiger partial charge in [0.25, 0.3) is 0 Å². The lowest BCUT2D eigenvalue weighted by molar-refractivity contribution is 0.0485. The Balaban J connectivity index is 1.40. The SMILES string of the molecule is CC[C@](C)(O)c1coc(-c2cncc([C@]34CC[C@H](C3)c3cc(-c5c(F)cccc5F)nnc34)n2)n1. The van der Waals surface area contributed by atoms with Gasteiger partial charge in [-0.05, 0) is 62.3 Å². The fraction of sp³-hybridized carbons (Fsp3) is 0.346. The summed E-state index contributed by atoms with van der Waals surface area (Å²) in [5.41, 5.74) is 1.82. The monoisotopic (exact) mass is 475 g/mol. The van der Waals surface area contributed by atoms with Crippen LogP contribution in [0.4, 0.5) is 8.78 Å². The predicted octanol–water partition coefficient (Wildman–Crippen LogP) is 5.05. The summed E-state index contributed by atoms with van der Waals surface area (Å²) >= 11 is 0. The molecule has 0 radical (unpaired) electrons. The quantitative estimate of drug-likeness (QED) is 0.431. The molecule has 0 unspecified atom stereocenters. The summed E-state index contributed by atoms with van der Waals surface area (Å²) in [7, 11) is 0. The van der Waals surface area contributed by atoms with E-state index in [1.165, 1.54) is 24.5 Å². The van der Waals surface area contributed by atoms with E-state index in [1.807, 2.05) is 6.92 Å². The van der Waals surface area contributed by atoms with Gasteiger partial charge in [-0.2, -0.15) is 5.10 Å². The number of hydrogen-bond donors (Lipinski definition) is 1. The zero-order valence-corrected chi connectivity index (χ0v) is 19.3. The number of aliphatic hydroxyl groups is 1. The number of rotatable bonds is 5. The van der Waals surface area contributed by atoms with Crippen LogP contribution in [0.2, 0.25) is 0 Å². The van der Waals surface area contributed by atoms with Crippen molar-refractivity contribution in [3.8, 4) is 22.8 Å². The minimum absolute atomic E-state index is 0.163. The van der Waals surface area contributed by atoms with Crippen LogP contribution < -0.4 is 0 Å². The molecular formula is C26H23F2N5O2. The molecule has 4 aromatic rings. The van der Waals surface area contributed by atoms with E-state index in [-0.39, 0.29) is 23.1 Å². The molecule has 3 heterocycles. The van der Waals surface area contributed by atoms with Crippen LogP contribution in [0.25, 0.3) is 22.8 Å². The van der Waals surface area contributed by atoms with Gasteiger partial charge in [0.15, 0.2) is 0 Å². The number of benzene rings is 1. The zero-order chi connectivity index (χ0) is 24.4. The molecule has 1 aromatic carbocycles. The van der Waals surface area contributed by atoms with Crippen molar-refractivity contribution < 1.29 is 18.3 Å². The summed E-state index contributed by atoms with van der Waals surface area (Å²) in [4.78, 5) is 13.7. The van der Waals surface area contributed by atoms with Crippen LogP contribution in [0.3, 0.4) is 0 Å². The molecule has 2 aliphatic rings. The van der Waals surface area contributed by atoms with Crippen LogP contribution in [0.5, 0.6) is 0 Å². The molecule has 35 heavy (non-hydrogen) atoms. The first kappa shape index (κ1) is 21.9. The maximum Gasteiger partial charge on any atom is 0.247 e. The van der Waals surface area contributed by atoms with E-state index < -0.39 is 22.7 Å². The third kappa shape index (κ3) is 3.29. The van der Waals surface area contributed by atoms with Crippen LogP contribution in [0.15, 0.2) is 47.3 Å². The van der Waals surface area contributed by atoms with Gasteiger partial charge in [0.1, 0.15) is 34.9 Å². The van der Waals surface area contributed by atoms with Crippen LogP contribution in [-0.4, -0.2) is 30.3 Å². The molecular weight excluding hydrogens is 452 g/mol. The van der Waals surface area contributed by atoms with Gasteiger partial charge in [0, 0.05) is 6.20 Å². The largest absolute Gasteiger partial charge is 0.443 e. The van der Waals surface area contributed by atoms with Crippen LogP contribution in [0, 0.1) is 11.6 Å². The Morgan fingerprint density at radius 2 is 1.94 bits per heavy atom. The van der Waals surface area contributed by atoms with Crippen molar-refractivity contribution in [2.45, 2.75) is 56.5 Å². The molecule has 2 aliphatic carbocycles. The highest BCUT2D eigenvalue weighted by Gasteiger charge is 2.53. The Kier molecular flexibility index (Phi) is 4.83. The molecule has 0 amide bonds. The Bertz CT molecular complexity index is 1430. The van der Waals surface area contributed by atoms with Gasteiger partial charge in [0.05, 0.1) is 34.3 Å². The third-order valence-electron chi connectivity index (χ3n) is 7.54. The molecule has 3 aromatic heterocycles. The maximum atomic E-state index is 14.4. The number of oxazole rings is 1. The third-order valence-corrected chi connectivity index (χ3v) is 7.54. The summed E-state index contributed by atoms with van der Waals surface area (Å²) in [5, 5.41) is 19.2. The van der Waals surface area contributed by atoms with E-state index in [0.717, 1.165) is 36.2 Å². The number of nitrogens with zero attached hydrogens (tertiary/aromatic N) is 5. The normalized spacial score (nSPS) is 22.3. The second-order valence-electron chi connectivity index (χ2n) is 9.61. The van der Waals surface area contributed by atoms with Gasteiger partial charge in [0.2, 0.25) is 5.89 Å². The van der Waals surface area contributed by atoms with E-state index in [0.29, 0.717) is 17.8 Å². The van der Waals surface area contributed by atoms with Crippen molar-refractivity contribution in [2.24, 2.45) is 0 Å². The minimum Gasteiger partial charge on any atom is -0.443 e. The summed E-state index contributed by atoms with van der Waals surface area (Å²) in [6, 6.07) is 5.53. The van der Waals surface area contributed by atoms with Crippen molar-refractivity contribution in [2.75, 3.05) is 0 Å². The Morgan fingerprint density at radius 1 is 1.14 bits per heavy atom. The summed E-state index contributed by atoms with van der Waals surface area (Å²) < 4.78 is 34.3. The van der Waals surface area contributed by atoms with Gasteiger partial charge < -0.3 is 9.52 Å². The van der Waals surface area contributed by atoms with E-state index in [2.05, 4.69) is 20.2 Å². The Labute approximate surface area is 200 Å². The molecule has 7 nitrogen and oxygen atoms in total. The highest BCUT2D eigenvalue weighted by atomic mass is 19.1. The van der Waals surface area contributed by atoms with Crippen molar-refractivity contribution in [1.82, 2.24) is 25.1 Å². The lowest BCUT2D eigenvalue weighted by atomic mass is 9.80. The minimum atomic E-state index is -1.10. The summed E-state index contributed by atoms with van der Waals surface area (Å²) in [6.45, 7) is 3.55. The van der Waals surface area contributed by atoms with Gasteiger partial charge >= 0.3 is 0 Å². The fourth-order valence-electron chi connectivity index (χ4n) is 5.35. The standard InChI is InChI=1S/C26H23F2N5O2/c1-3-25(2,34)21-13-35-24(31-21)19-11-29-12-20(30-19)26-8-7-14(10-26)15-9-18(32-33-23(15)26)22-16(27)5-4-6-17(22)28/h4-6,9,11-14,34H,3,7-8,10H2,1-2H3/t14-,25+,26+/m1/s1. The molecule has 0 saturated heterocycles. The lowest BCUT2D eigenvalue weighted by Crippen LogP contribution is -2.26. The van der Waals surface area contributed by atoms with Crippen molar-refractivity contribution in [3.05, 3.63) is 77.2 Å². The molecule has 0 spiro atoms. The fourth-order valence-corrected chi connectivity index (χ4v) is 5.35. The summed E-state index contributed by atoms with van der Waals surface area (Å²) in [6.07, 6.45) is 7.74. The number of aromatic nitrogens is 5. The molecule has 1 fully saturated rings. The highest BCUT2D eigenvalue weighted by Crippen LogP contribution is 2.59. The molecule has 1 saturated carbocycles. The highest BCUT2D eigenvalue weighted by molar-refractivity contribution is 5.63. The van der Waals surface area contributed by atoms with E-state index in [4.69, 9.17) is 9.40 Å². The number of halogens is 2. The lowest BCUT2D eigenvalue weighted by Gasteiger charge is -2.26. The molecule has 1 N–H and O–H groups in total. The second-order valence-corrected chi connectivity index (χ2v) is 9.61. The maximum absolute atomic E-state index is 14.4. The molecule has 0 aliphatic heterocycles. The van der Waals surface area contributed by atoms with Crippen LogP contribution >= 0.6 is 0 Å². The average molecular weight is 475 g/mol. The topological polar surface area (TPSA) is 97.8 Å². The molecule has 6 rings (SSSR count). The van der Waals surface area contributed by atoms with Crippen molar-refractivity contribution >= 4 is 0 Å².